The zero-order valence-corrected chi connectivity index (χ0v) is 24.7. The molecule has 2 aromatic carbocycles. The van der Waals surface area contributed by atoms with Gasteiger partial charge in [0.1, 0.15) is 47.0 Å². The number of aliphatic hydroxyl groups excluding tert-OH is 1. The Hall–Kier alpha value is -6.48. The maximum absolute atomic E-state index is 12.0. The summed E-state index contributed by atoms with van der Waals surface area (Å²) in [6.45, 7) is 1.52. The molecule has 47 heavy (non-hydrogen) atoms. The Morgan fingerprint density at radius 1 is 0.723 bits per heavy atom. The van der Waals surface area contributed by atoms with E-state index in [0.29, 0.717) is 45.9 Å². The van der Waals surface area contributed by atoms with Crippen molar-refractivity contribution >= 4 is 69.4 Å². The number of nitrogens with one attached hydrogen (secondary N) is 5. The summed E-state index contributed by atoms with van der Waals surface area (Å²) in [7, 11) is 0. The second-order valence-corrected chi connectivity index (χ2v) is 10.6. The molecule has 0 saturated heterocycles. The van der Waals surface area contributed by atoms with Crippen LogP contribution in [0.2, 0.25) is 0 Å². The van der Waals surface area contributed by atoms with E-state index < -0.39 is 5.97 Å². The largest absolute Gasteiger partial charge is 0.477 e. The van der Waals surface area contributed by atoms with Crippen molar-refractivity contribution in [1.29, 1.82) is 0 Å². The van der Waals surface area contributed by atoms with Gasteiger partial charge in [-0.3, -0.25) is 14.8 Å². The minimum absolute atomic E-state index is 0.0830. The molecule has 4 aromatic heterocycles. The number of carbonyl (C=O) groups is 2. The second kappa shape index (κ2) is 12.5. The molecule has 0 fully saturated rings. The molecule has 6 aromatic rings. The van der Waals surface area contributed by atoms with Gasteiger partial charge in [0.15, 0.2) is 0 Å². The van der Waals surface area contributed by atoms with Crippen LogP contribution >= 0.6 is 0 Å². The van der Waals surface area contributed by atoms with Gasteiger partial charge in [0, 0.05) is 30.3 Å². The number of carboxylic acid groups (broad SMARTS) is 1. The number of hydrogen-bond acceptors (Lipinski definition) is 11. The molecule has 0 aliphatic carbocycles. The molecule has 8 rings (SSSR count). The topological polar surface area (TPSA) is 219 Å². The highest BCUT2D eigenvalue weighted by atomic mass is 16.4. The monoisotopic (exact) mass is 629 g/mol. The fourth-order valence-electron chi connectivity index (χ4n) is 5.21. The number of aliphatic hydroxyl groups is 1. The Labute approximate surface area is 266 Å². The van der Waals surface area contributed by atoms with Gasteiger partial charge in [-0.15, -0.1) is 0 Å². The standard InChI is InChI=1S/C17H16N6O2.C15H11N5O2/c24-4-3-19-17(25)14-6-13-15(20-9-21-16(13)23-14)22-12-2-1-10-7-18-8-11(10)5-12;21-15(22)12-4-11-13(17-7-18-14(11)20-12)19-10-2-1-8-5-16-6-9(8)3-10/h1-2,5-6,8-9,24H,3-4,7H2,(H,19,25)(H2,20,21,22,23);1-4,6-7H,5H2,(H,21,22)(H2,17,18,19,20). The lowest BCUT2D eigenvalue weighted by Crippen LogP contribution is -2.26. The van der Waals surface area contributed by atoms with Crippen LogP contribution in [0.1, 0.15) is 43.2 Å². The fourth-order valence-corrected chi connectivity index (χ4v) is 5.21. The molecule has 234 valence electrons. The van der Waals surface area contributed by atoms with Crippen molar-refractivity contribution in [2.75, 3.05) is 23.8 Å². The van der Waals surface area contributed by atoms with Crippen molar-refractivity contribution < 1.29 is 19.8 Å². The van der Waals surface area contributed by atoms with Crippen LogP contribution in [0.5, 0.6) is 0 Å². The number of anilines is 4. The van der Waals surface area contributed by atoms with Crippen molar-refractivity contribution in [1.82, 2.24) is 35.2 Å². The van der Waals surface area contributed by atoms with Crippen molar-refractivity contribution in [3.8, 4) is 0 Å². The third kappa shape index (κ3) is 6.10. The van der Waals surface area contributed by atoms with Crippen LogP contribution in [-0.4, -0.2) is 77.6 Å². The van der Waals surface area contributed by atoms with Crippen molar-refractivity contribution in [2.45, 2.75) is 13.1 Å². The number of benzene rings is 2. The van der Waals surface area contributed by atoms with Gasteiger partial charge in [0.05, 0.1) is 30.5 Å². The van der Waals surface area contributed by atoms with Crippen LogP contribution in [0.3, 0.4) is 0 Å². The summed E-state index contributed by atoms with van der Waals surface area (Å²) in [6, 6.07) is 15.2. The summed E-state index contributed by atoms with van der Waals surface area (Å²) in [6.07, 6.45) is 6.53. The first kappa shape index (κ1) is 29.2. The number of aliphatic imine (C=N–C) groups is 2. The molecule has 0 saturated carbocycles. The Morgan fingerprint density at radius 2 is 1.26 bits per heavy atom. The lowest BCUT2D eigenvalue weighted by Gasteiger charge is -2.07. The molecule has 0 spiro atoms. The summed E-state index contributed by atoms with van der Waals surface area (Å²) < 4.78 is 0. The van der Waals surface area contributed by atoms with E-state index >= 15 is 0 Å². The number of amides is 1. The third-order valence-corrected chi connectivity index (χ3v) is 7.52. The van der Waals surface area contributed by atoms with E-state index in [2.05, 4.69) is 55.8 Å². The summed E-state index contributed by atoms with van der Waals surface area (Å²) in [5.74, 6) is -0.162. The van der Waals surface area contributed by atoms with Crippen LogP contribution < -0.4 is 16.0 Å². The van der Waals surface area contributed by atoms with E-state index in [-0.39, 0.29) is 24.8 Å². The predicted octanol–water partition coefficient (Wildman–Crippen LogP) is 3.69. The number of carboxylic acids is 1. The molecule has 6 heterocycles. The van der Waals surface area contributed by atoms with E-state index in [1.165, 1.54) is 29.8 Å². The number of hydrogen-bond donors (Lipinski definition) is 7. The van der Waals surface area contributed by atoms with Crippen LogP contribution in [0, 0.1) is 0 Å². The molecular formula is C32H27N11O4. The minimum Gasteiger partial charge on any atom is -0.477 e. The van der Waals surface area contributed by atoms with Gasteiger partial charge in [-0.2, -0.15) is 0 Å². The quantitative estimate of drug-likeness (QED) is 0.129. The molecule has 0 radical (unpaired) electrons. The Kier molecular flexibility index (Phi) is 7.77. The number of carbonyl (C=O) groups excluding carboxylic acids is 1. The van der Waals surface area contributed by atoms with Crippen molar-refractivity contribution in [3.05, 3.63) is 94.8 Å². The second-order valence-electron chi connectivity index (χ2n) is 10.6. The van der Waals surface area contributed by atoms with Crippen molar-refractivity contribution in [2.24, 2.45) is 9.98 Å². The summed E-state index contributed by atoms with van der Waals surface area (Å²) in [5.41, 5.74) is 7.81. The molecule has 0 atom stereocenters. The molecule has 15 nitrogen and oxygen atoms in total. The molecular weight excluding hydrogens is 602 g/mol. The average molecular weight is 630 g/mol. The SMILES string of the molecule is O=C(NCCO)c1cc2c(Nc3ccc4c(c3)C=NC4)ncnc2[nH]1.O=C(O)c1cc2c(Nc3ccc4c(c3)C=NC4)ncnc2[nH]1. The summed E-state index contributed by atoms with van der Waals surface area (Å²) in [5, 5.41) is 28.3. The average Bonchev–Trinajstić information content (AvgIpc) is 3.89. The smallest absolute Gasteiger partial charge is 0.352 e. The maximum Gasteiger partial charge on any atom is 0.352 e. The van der Waals surface area contributed by atoms with Crippen LogP contribution in [0.25, 0.3) is 22.1 Å². The van der Waals surface area contributed by atoms with Crippen LogP contribution in [-0.2, 0) is 13.1 Å². The third-order valence-electron chi connectivity index (χ3n) is 7.52. The lowest BCUT2D eigenvalue weighted by atomic mass is 10.1. The first-order valence-corrected chi connectivity index (χ1v) is 14.5. The number of aromatic amines is 2. The number of aromatic nitrogens is 6. The molecule has 0 bridgehead atoms. The molecule has 0 unspecified atom stereocenters. The molecule has 7 N–H and O–H groups in total. The zero-order chi connectivity index (χ0) is 32.3. The summed E-state index contributed by atoms with van der Waals surface area (Å²) >= 11 is 0. The Bertz CT molecular complexity index is 2220. The fraction of sp³-hybridized carbons (Fsp3) is 0.125. The maximum atomic E-state index is 12.0. The van der Waals surface area contributed by atoms with Crippen molar-refractivity contribution in [3.63, 3.8) is 0 Å². The van der Waals surface area contributed by atoms with Crippen LogP contribution in [0.15, 0.2) is 71.2 Å². The first-order chi connectivity index (χ1) is 22.9. The lowest BCUT2D eigenvalue weighted by molar-refractivity contribution is 0.0691. The number of aromatic carboxylic acids is 1. The van der Waals surface area contributed by atoms with E-state index in [1.54, 1.807) is 6.07 Å². The molecule has 1 amide bonds. The van der Waals surface area contributed by atoms with Gasteiger partial charge in [-0.05, 0) is 58.7 Å². The normalized spacial score (nSPS) is 12.4. The highest BCUT2D eigenvalue weighted by Crippen LogP contribution is 2.28. The van der Waals surface area contributed by atoms with Gasteiger partial charge >= 0.3 is 5.97 Å². The van der Waals surface area contributed by atoms with E-state index in [9.17, 15) is 9.59 Å². The van der Waals surface area contributed by atoms with Gasteiger partial charge < -0.3 is 36.1 Å². The summed E-state index contributed by atoms with van der Waals surface area (Å²) in [4.78, 5) is 54.0. The van der Waals surface area contributed by atoms with E-state index in [0.717, 1.165) is 29.0 Å². The number of rotatable bonds is 8. The van der Waals surface area contributed by atoms with Gasteiger partial charge in [0.25, 0.3) is 5.91 Å². The van der Waals surface area contributed by atoms with E-state index in [1.807, 2.05) is 48.8 Å². The first-order valence-electron chi connectivity index (χ1n) is 14.5. The van der Waals surface area contributed by atoms with Gasteiger partial charge in [-0.1, -0.05) is 12.1 Å². The minimum atomic E-state index is -1.03. The van der Waals surface area contributed by atoms with Gasteiger partial charge in [0.2, 0.25) is 0 Å². The Balaban J connectivity index is 0.000000151. The number of nitrogens with zero attached hydrogens (tertiary/aromatic N) is 6. The highest BCUT2D eigenvalue weighted by molar-refractivity contribution is 6.01. The predicted molar refractivity (Wildman–Crippen MR) is 176 cm³/mol. The molecule has 2 aliphatic rings. The molecule has 15 heteroatoms. The zero-order valence-electron chi connectivity index (χ0n) is 24.7. The highest BCUT2D eigenvalue weighted by Gasteiger charge is 2.15. The van der Waals surface area contributed by atoms with Gasteiger partial charge in [-0.25, -0.2) is 24.7 Å². The van der Waals surface area contributed by atoms with Crippen LogP contribution in [0.4, 0.5) is 23.0 Å². The molecule has 2 aliphatic heterocycles. The van der Waals surface area contributed by atoms with E-state index in [4.69, 9.17) is 10.2 Å². The Morgan fingerprint density at radius 3 is 1.79 bits per heavy atom. The number of fused-ring (bicyclic) bond motifs is 4. The number of H-pyrrole nitrogens is 2.